The van der Waals surface area contributed by atoms with Gasteiger partial charge in [-0.15, -0.1) is 0 Å². The van der Waals surface area contributed by atoms with Crippen LogP contribution in [0.5, 0.6) is 0 Å². The second-order valence-corrected chi connectivity index (χ2v) is 4.76. The highest BCUT2D eigenvalue weighted by molar-refractivity contribution is 5.47. The molecule has 2 nitrogen and oxygen atoms in total. The van der Waals surface area contributed by atoms with Crippen LogP contribution in [0.25, 0.3) is 0 Å². The van der Waals surface area contributed by atoms with Gasteiger partial charge < -0.3 is 10.6 Å². The molecule has 0 aliphatic carbocycles. The number of nitrogens with two attached hydrogens (primary N) is 1. The van der Waals surface area contributed by atoms with Crippen molar-refractivity contribution in [3.8, 4) is 0 Å². The van der Waals surface area contributed by atoms with Crippen LogP contribution in [0.3, 0.4) is 0 Å². The van der Waals surface area contributed by atoms with E-state index >= 15 is 0 Å². The zero-order chi connectivity index (χ0) is 12.7. The van der Waals surface area contributed by atoms with Gasteiger partial charge in [0.05, 0.1) is 5.69 Å². The van der Waals surface area contributed by atoms with Crippen molar-refractivity contribution in [3.63, 3.8) is 0 Å². The smallest absolute Gasteiger partial charge is 0.146 e. The van der Waals surface area contributed by atoms with Crippen LogP contribution < -0.4 is 10.6 Å². The lowest BCUT2D eigenvalue weighted by Gasteiger charge is -2.26. The Hall–Kier alpha value is -1.09. The fourth-order valence-corrected chi connectivity index (χ4v) is 1.76. The third-order valence-electron chi connectivity index (χ3n) is 2.80. The number of para-hydroxylation sites is 1. The number of benzene rings is 1. The molecule has 0 fully saturated rings. The standard InChI is InChI=1S/C14H23FN2/c1-12(2)8-11-17(10-5-9-16)14-7-4-3-6-13(14)15/h3-4,6-7,12H,5,8-11,16H2,1-2H3. The molecule has 0 saturated carbocycles. The van der Waals surface area contributed by atoms with Crippen molar-refractivity contribution in [2.45, 2.75) is 26.7 Å². The Morgan fingerprint density at radius 2 is 1.94 bits per heavy atom. The lowest BCUT2D eigenvalue weighted by molar-refractivity contribution is 0.556. The summed E-state index contributed by atoms with van der Waals surface area (Å²) in [4.78, 5) is 2.10. The lowest BCUT2D eigenvalue weighted by atomic mass is 10.1. The van der Waals surface area contributed by atoms with E-state index in [0.717, 1.165) is 25.9 Å². The maximum atomic E-state index is 13.7. The monoisotopic (exact) mass is 238 g/mol. The van der Waals surface area contributed by atoms with Gasteiger partial charge in [-0.1, -0.05) is 26.0 Å². The average molecular weight is 238 g/mol. The zero-order valence-electron chi connectivity index (χ0n) is 10.8. The molecule has 0 radical (unpaired) electrons. The van der Waals surface area contributed by atoms with Gasteiger partial charge in [-0.3, -0.25) is 0 Å². The van der Waals surface area contributed by atoms with Crippen molar-refractivity contribution < 1.29 is 4.39 Å². The molecule has 1 rings (SSSR count). The quantitative estimate of drug-likeness (QED) is 0.791. The van der Waals surface area contributed by atoms with Gasteiger partial charge in [0.15, 0.2) is 0 Å². The summed E-state index contributed by atoms with van der Waals surface area (Å²) in [7, 11) is 0. The number of nitrogens with zero attached hydrogens (tertiary/aromatic N) is 1. The highest BCUT2D eigenvalue weighted by Crippen LogP contribution is 2.19. The molecule has 2 N–H and O–H groups in total. The number of anilines is 1. The van der Waals surface area contributed by atoms with Crippen LogP contribution >= 0.6 is 0 Å². The summed E-state index contributed by atoms with van der Waals surface area (Å²) >= 11 is 0. The summed E-state index contributed by atoms with van der Waals surface area (Å²) in [5.74, 6) is 0.482. The fourth-order valence-electron chi connectivity index (χ4n) is 1.76. The first kappa shape index (κ1) is 14.0. The third kappa shape index (κ3) is 4.73. The molecule has 0 unspecified atom stereocenters. The van der Waals surface area contributed by atoms with Crippen molar-refractivity contribution in [1.82, 2.24) is 0 Å². The first-order valence-electron chi connectivity index (χ1n) is 6.34. The maximum Gasteiger partial charge on any atom is 0.146 e. The second-order valence-electron chi connectivity index (χ2n) is 4.76. The summed E-state index contributed by atoms with van der Waals surface area (Å²) in [6, 6.07) is 6.96. The summed E-state index contributed by atoms with van der Waals surface area (Å²) < 4.78 is 13.7. The Kier molecular flexibility index (Phi) is 5.98. The number of halogens is 1. The van der Waals surface area contributed by atoms with Crippen molar-refractivity contribution in [2.24, 2.45) is 11.7 Å². The predicted molar refractivity (Wildman–Crippen MR) is 71.7 cm³/mol. The average Bonchev–Trinajstić information content (AvgIpc) is 2.30. The van der Waals surface area contributed by atoms with Gasteiger partial charge in [-0.2, -0.15) is 0 Å². The molecule has 0 amide bonds. The van der Waals surface area contributed by atoms with Gasteiger partial charge in [-0.05, 0) is 37.4 Å². The number of rotatable bonds is 7. The molecule has 96 valence electrons. The molecule has 0 saturated heterocycles. The van der Waals surface area contributed by atoms with Gasteiger partial charge in [0, 0.05) is 13.1 Å². The van der Waals surface area contributed by atoms with E-state index in [1.807, 2.05) is 12.1 Å². The van der Waals surface area contributed by atoms with E-state index in [1.165, 1.54) is 6.07 Å². The highest BCUT2D eigenvalue weighted by atomic mass is 19.1. The van der Waals surface area contributed by atoms with Gasteiger partial charge in [0.2, 0.25) is 0 Å². The van der Waals surface area contributed by atoms with Crippen LogP contribution in [0.15, 0.2) is 24.3 Å². The number of hydrogen-bond acceptors (Lipinski definition) is 2. The molecule has 17 heavy (non-hydrogen) atoms. The number of hydrogen-bond donors (Lipinski definition) is 1. The van der Waals surface area contributed by atoms with E-state index in [4.69, 9.17) is 5.73 Å². The van der Waals surface area contributed by atoms with Crippen LogP contribution in [0, 0.1) is 11.7 Å². The second kappa shape index (κ2) is 7.28. The molecule has 0 aliphatic rings. The molecular weight excluding hydrogens is 215 g/mol. The summed E-state index contributed by atoms with van der Waals surface area (Å²) in [5, 5.41) is 0. The van der Waals surface area contributed by atoms with Crippen molar-refractivity contribution in [3.05, 3.63) is 30.1 Å². The maximum absolute atomic E-state index is 13.7. The van der Waals surface area contributed by atoms with E-state index in [2.05, 4.69) is 18.7 Å². The molecule has 0 atom stereocenters. The molecule has 1 aromatic carbocycles. The van der Waals surface area contributed by atoms with E-state index < -0.39 is 0 Å². The Labute approximate surface area is 104 Å². The Balaban J connectivity index is 2.71. The summed E-state index contributed by atoms with van der Waals surface area (Å²) in [5.41, 5.74) is 6.22. The molecule has 0 aliphatic heterocycles. The molecule has 0 aromatic heterocycles. The summed E-state index contributed by atoms with van der Waals surface area (Å²) in [6.07, 6.45) is 1.96. The minimum atomic E-state index is -0.145. The van der Waals surface area contributed by atoms with Gasteiger partial charge >= 0.3 is 0 Å². The Bertz CT molecular complexity index is 326. The largest absolute Gasteiger partial charge is 0.369 e. The van der Waals surface area contributed by atoms with Gasteiger partial charge in [-0.25, -0.2) is 4.39 Å². The first-order chi connectivity index (χ1) is 8.15. The Morgan fingerprint density at radius 3 is 2.53 bits per heavy atom. The van der Waals surface area contributed by atoms with Gasteiger partial charge in [0.25, 0.3) is 0 Å². The molecule has 0 heterocycles. The van der Waals surface area contributed by atoms with Gasteiger partial charge in [0.1, 0.15) is 5.82 Å². The fraction of sp³-hybridized carbons (Fsp3) is 0.571. The minimum absolute atomic E-state index is 0.145. The van der Waals surface area contributed by atoms with Crippen molar-refractivity contribution in [1.29, 1.82) is 0 Å². The van der Waals surface area contributed by atoms with Crippen LogP contribution in [0.4, 0.5) is 10.1 Å². The van der Waals surface area contributed by atoms with E-state index in [1.54, 1.807) is 6.07 Å². The SMILES string of the molecule is CC(C)CCN(CCCN)c1ccccc1F. The molecule has 0 bridgehead atoms. The molecular formula is C14H23FN2. The minimum Gasteiger partial charge on any atom is -0.369 e. The van der Waals surface area contributed by atoms with Crippen LogP contribution in [0.1, 0.15) is 26.7 Å². The predicted octanol–water partition coefficient (Wildman–Crippen LogP) is 3.03. The molecule has 1 aromatic rings. The lowest BCUT2D eigenvalue weighted by Crippen LogP contribution is -2.28. The topological polar surface area (TPSA) is 29.3 Å². The zero-order valence-corrected chi connectivity index (χ0v) is 10.8. The van der Waals surface area contributed by atoms with Crippen molar-refractivity contribution in [2.75, 3.05) is 24.5 Å². The van der Waals surface area contributed by atoms with E-state index in [9.17, 15) is 4.39 Å². The third-order valence-corrected chi connectivity index (χ3v) is 2.80. The van der Waals surface area contributed by atoms with Crippen LogP contribution in [0.2, 0.25) is 0 Å². The van der Waals surface area contributed by atoms with E-state index in [0.29, 0.717) is 18.2 Å². The first-order valence-corrected chi connectivity index (χ1v) is 6.34. The highest BCUT2D eigenvalue weighted by Gasteiger charge is 2.10. The summed E-state index contributed by atoms with van der Waals surface area (Å²) in [6.45, 7) is 6.72. The van der Waals surface area contributed by atoms with E-state index in [-0.39, 0.29) is 5.82 Å². The molecule has 0 spiro atoms. The van der Waals surface area contributed by atoms with Crippen LogP contribution in [-0.2, 0) is 0 Å². The molecule has 3 heteroatoms. The van der Waals surface area contributed by atoms with Crippen molar-refractivity contribution >= 4 is 5.69 Å². The van der Waals surface area contributed by atoms with Crippen LogP contribution in [-0.4, -0.2) is 19.6 Å². The Morgan fingerprint density at radius 1 is 1.24 bits per heavy atom. The normalized spacial score (nSPS) is 10.9.